The number of halogens is 2. The summed E-state index contributed by atoms with van der Waals surface area (Å²) in [5, 5.41) is 0. The van der Waals surface area contributed by atoms with Gasteiger partial charge in [-0.15, -0.1) is 0 Å². The van der Waals surface area contributed by atoms with Crippen molar-refractivity contribution in [3.8, 4) is 11.5 Å². The highest BCUT2D eigenvalue weighted by atomic mass is 19.3. The van der Waals surface area contributed by atoms with Crippen molar-refractivity contribution in [3.63, 3.8) is 0 Å². The Kier molecular flexibility index (Phi) is 5.80. The van der Waals surface area contributed by atoms with Crippen LogP contribution in [0.5, 0.6) is 11.5 Å². The second-order valence-corrected chi connectivity index (χ2v) is 3.64. The molecule has 2 N–H and O–H groups in total. The summed E-state index contributed by atoms with van der Waals surface area (Å²) in [5.41, 5.74) is 6.55. The largest absolute Gasteiger partial charge is 0.497 e. The average Bonchev–Trinajstić information content (AvgIpc) is 2.37. The van der Waals surface area contributed by atoms with E-state index < -0.39 is 19.1 Å². The van der Waals surface area contributed by atoms with E-state index in [4.69, 9.17) is 19.9 Å². The van der Waals surface area contributed by atoms with Crippen molar-refractivity contribution in [1.82, 2.24) is 0 Å². The van der Waals surface area contributed by atoms with Crippen LogP contribution in [0.4, 0.5) is 8.78 Å². The first kappa shape index (κ1) is 14.7. The Morgan fingerprint density at radius 2 is 1.89 bits per heavy atom. The van der Waals surface area contributed by atoms with Crippen molar-refractivity contribution in [2.45, 2.75) is 12.5 Å². The molecular formula is C12H17F2NO3. The van der Waals surface area contributed by atoms with Crippen LogP contribution in [0.25, 0.3) is 0 Å². The maximum absolute atomic E-state index is 11.9. The Morgan fingerprint density at radius 3 is 2.44 bits per heavy atom. The summed E-state index contributed by atoms with van der Waals surface area (Å²) >= 11 is 0. The van der Waals surface area contributed by atoms with Gasteiger partial charge in [0.25, 0.3) is 6.43 Å². The SMILES string of the molecule is COc1ccc(C(N)COCC(F)F)c(OC)c1. The van der Waals surface area contributed by atoms with E-state index in [9.17, 15) is 8.78 Å². The van der Waals surface area contributed by atoms with Crippen molar-refractivity contribution in [3.05, 3.63) is 23.8 Å². The van der Waals surface area contributed by atoms with Crippen LogP contribution in [0.1, 0.15) is 11.6 Å². The fourth-order valence-corrected chi connectivity index (χ4v) is 1.50. The molecule has 4 nitrogen and oxygen atoms in total. The zero-order valence-corrected chi connectivity index (χ0v) is 10.4. The number of hydrogen-bond donors (Lipinski definition) is 1. The van der Waals surface area contributed by atoms with E-state index in [0.717, 1.165) is 0 Å². The van der Waals surface area contributed by atoms with Crippen LogP contribution in [0.3, 0.4) is 0 Å². The second kappa shape index (κ2) is 7.13. The molecule has 1 rings (SSSR count). The lowest BCUT2D eigenvalue weighted by Crippen LogP contribution is -2.19. The molecular weight excluding hydrogens is 244 g/mol. The van der Waals surface area contributed by atoms with Gasteiger partial charge in [0.2, 0.25) is 0 Å². The Bertz CT molecular complexity index is 374. The van der Waals surface area contributed by atoms with Crippen molar-refractivity contribution in [2.24, 2.45) is 5.73 Å². The van der Waals surface area contributed by atoms with Crippen molar-refractivity contribution in [1.29, 1.82) is 0 Å². The van der Waals surface area contributed by atoms with Gasteiger partial charge in [0.1, 0.15) is 18.1 Å². The summed E-state index contributed by atoms with van der Waals surface area (Å²) in [6.07, 6.45) is -2.49. The molecule has 0 radical (unpaired) electrons. The molecule has 0 heterocycles. The molecule has 6 heteroatoms. The third-order valence-electron chi connectivity index (χ3n) is 2.38. The summed E-state index contributed by atoms with van der Waals surface area (Å²) < 4.78 is 38.9. The first-order valence-corrected chi connectivity index (χ1v) is 5.42. The minimum absolute atomic E-state index is 0.00697. The summed E-state index contributed by atoms with van der Waals surface area (Å²) in [4.78, 5) is 0. The molecule has 1 unspecified atom stereocenters. The topological polar surface area (TPSA) is 53.7 Å². The molecule has 0 aromatic heterocycles. The zero-order chi connectivity index (χ0) is 13.5. The molecule has 0 spiro atoms. The van der Waals surface area contributed by atoms with E-state index in [1.165, 1.54) is 7.11 Å². The summed E-state index contributed by atoms with van der Waals surface area (Å²) in [7, 11) is 3.05. The van der Waals surface area contributed by atoms with Crippen LogP contribution < -0.4 is 15.2 Å². The number of methoxy groups -OCH3 is 2. The van der Waals surface area contributed by atoms with Crippen LogP contribution in [0.15, 0.2) is 18.2 Å². The van der Waals surface area contributed by atoms with E-state index in [2.05, 4.69) is 0 Å². The van der Waals surface area contributed by atoms with Crippen LogP contribution in [-0.4, -0.2) is 33.9 Å². The smallest absolute Gasteiger partial charge is 0.261 e. The second-order valence-electron chi connectivity index (χ2n) is 3.64. The zero-order valence-electron chi connectivity index (χ0n) is 10.4. The molecule has 1 atom stereocenters. The van der Waals surface area contributed by atoms with Gasteiger partial charge >= 0.3 is 0 Å². The fourth-order valence-electron chi connectivity index (χ4n) is 1.50. The standard InChI is InChI=1S/C12H17F2NO3/c1-16-8-3-4-9(11(5-8)17-2)10(15)6-18-7-12(13)14/h3-5,10,12H,6-7,15H2,1-2H3. The average molecular weight is 261 g/mol. The van der Waals surface area contributed by atoms with Gasteiger partial charge in [-0.05, 0) is 12.1 Å². The number of rotatable bonds is 7. The van der Waals surface area contributed by atoms with Crippen LogP contribution in [0.2, 0.25) is 0 Å². The highest BCUT2D eigenvalue weighted by Crippen LogP contribution is 2.28. The predicted octanol–water partition coefficient (Wildman–Crippen LogP) is 1.99. The minimum Gasteiger partial charge on any atom is -0.497 e. The molecule has 102 valence electrons. The van der Waals surface area contributed by atoms with E-state index in [-0.39, 0.29) is 6.61 Å². The van der Waals surface area contributed by atoms with Gasteiger partial charge in [-0.1, -0.05) is 0 Å². The normalized spacial score (nSPS) is 12.6. The van der Waals surface area contributed by atoms with Gasteiger partial charge in [0, 0.05) is 11.6 Å². The van der Waals surface area contributed by atoms with Crippen LogP contribution >= 0.6 is 0 Å². The highest BCUT2D eigenvalue weighted by molar-refractivity contribution is 5.42. The quantitative estimate of drug-likeness (QED) is 0.815. The van der Waals surface area contributed by atoms with Gasteiger partial charge in [0.05, 0.1) is 26.9 Å². The molecule has 0 amide bonds. The fraction of sp³-hybridized carbons (Fsp3) is 0.500. The molecule has 0 bridgehead atoms. The van der Waals surface area contributed by atoms with Gasteiger partial charge in [-0.25, -0.2) is 8.78 Å². The maximum atomic E-state index is 11.9. The number of hydrogen-bond acceptors (Lipinski definition) is 4. The van der Waals surface area contributed by atoms with E-state index in [0.29, 0.717) is 17.1 Å². The third kappa shape index (κ3) is 4.12. The summed E-state index contributed by atoms with van der Waals surface area (Å²) in [6, 6.07) is 4.62. The lowest BCUT2D eigenvalue weighted by Gasteiger charge is -2.16. The Balaban J connectivity index is 2.69. The summed E-state index contributed by atoms with van der Waals surface area (Å²) in [6.45, 7) is -0.612. The van der Waals surface area contributed by atoms with Crippen LogP contribution in [-0.2, 0) is 4.74 Å². The molecule has 0 fully saturated rings. The molecule has 1 aromatic carbocycles. The van der Waals surface area contributed by atoms with Gasteiger partial charge in [-0.2, -0.15) is 0 Å². The molecule has 0 aliphatic carbocycles. The molecule has 1 aromatic rings. The third-order valence-corrected chi connectivity index (χ3v) is 2.38. The lowest BCUT2D eigenvalue weighted by molar-refractivity contribution is 0.0124. The number of alkyl halides is 2. The highest BCUT2D eigenvalue weighted by Gasteiger charge is 2.14. The number of nitrogens with two attached hydrogens (primary N) is 1. The van der Waals surface area contributed by atoms with Crippen molar-refractivity contribution < 1.29 is 23.0 Å². The molecule has 0 saturated carbocycles. The van der Waals surface area contributed by atoms with Gasteiger partial charge in [-0.3, -0.25) is 0 Å². The number of benzene rings is 1. The van der Waals surface area contributed by atoms with Crippen molar-refractivity contribution in [2.75, 3.05) is 27.4 Å². The van der Waals surface area contributed by atoms with Gasteiger partial charge < -0.3 is 19.9 Å². The first-order chi connectivity index (χ1) is 8.58. The number of ether oxygens (including phenoxy) is 3. The molecule has 0 aliphatic heterocycles. The Hall–Kier alpha value is -1.40. The van der Waals surface area contributed by atoms with Crippen molar-refractivity contribution >= 4 is 0 Å². The van der Waals surface area contributed by atoms with E-state index in [1.807, 2.05) is 0 Å². The Labute approximate surface area is 105 Å². The molecule has 0 aliphatic rings. The predicted molar refractivity (Wildman–Crippen MR) is 63.3 cm³/mol. The first-order valence-electron chi connectivity index (χ1n) is 5.42. The molecule has 0 saturated heterocycles. The van der Waals surface area contributed by atoms with E-state index in [1.54, 1.807) is 25.3 Å². The summed E-state index contributed by atoms with van der Waals surface area (Å²) in [5.74, 6) is 1.18. The minimum atomic E-state index is -2.49. The monoisotopic (exact) mass is 261 g/mol. The lowest BCUT2D eigenvalue weighted by atomic mass is 10.1. The van der Waals surface area contributed by atoms with Gasteiger partial charge in [0.15, 0.2) is 0 Å². The van der Waals surface area contributed by atoms with E-state index >= 15 is 0 Å². The maximum Gasteiger partial charge on any atom is 0.261 e. The van der Waals surface area contributed by atoms with Crippen LogP contribution in [0, 0.1) is 0 Å². The Morgan fingerprint density at radius 1 is 1.17 bits per heavy atom. The molecule has 18 heavy (non-hydrogen) atoms.